The summed E-state index contributed by atoms with van der Waals surface area (Å²) in [5, 5.41) is 13.2. The van der Waals surface area contributed by atoms with Crippen molar-refractivity contribution >= 4 is 17.4 Å². The van der Waals surface area contributed by atoms with E-state index in [1.54, 1.807) is 6.07 Å². The number of benzene rings is 1. The number of aromatic nitrogens is 2. The molecular weight excluding hydrogens is 333 g/mol. The SMILES string of the molecule is CC(C)CCNc1ccc(C(=O)Nc2cccc(C(F)(F)F)c2)nn1. The number of carbonyl (C=O) groups is 1. The molecule has 1 aromatic carbocycles. The Morgan fingerprint density at radius 3 is 2.52 bits per heavy atom. The first-order chi connectivity index (χ1) is 11.8. The second-order valence-electron chi connectivity index (χ2n) is 5.95. The summed E-state index contributed by atoms with van der Waals surface area (Å²) in [5.74, 6) is 0.467. The highest BCUT2D eigenvalue weighted by Crippen LogP contribution is 2.30. The molecule has 0 radical (unpaired) electrons. The summed E-state index contributed by atoms with van der Waals surface area (Å²) in [6.45, 7) is 4.95. The van der Waals surface area contributed by atoms with Crippen LogP contribution < -0.4 is 10.6 Å². The first-order valence-electron chi connectivity index (χ1n) is 7.82. The van der Waals surface area contributed by atoms with Crippen LogP contribution in [-0.4, -0.2) is 22.6 Å². The smallest absolute Gasteiger partial charge is 0.369 e. The molecule has 0 fully saturated rings. The van der Waals surface area contributed by atoms with Crippen molar-refractivity contribution in [3.63, 3.8) is 0 Å². The molecule has 0 spiro atoms. The number of amides is 1. The number of hydrogen-bond acceptors (Lipinski definition) is 4. The van der Waals surface area contributed by atoms with E-state index in [1.807, 2.05) is 0 Å². The molecular formula is C17H19F3N4O. The van der Waals surface area contributed by atoms with Crippen LogP contribution in [-0.2, 0) is 6.18 Å². The predicted octanol–water partition coefficient (Wildman–Crippen LogP) is 4.21. The molecule has 0 bridgehead atoms. The summed E-state index contributed by atoms with van der Waals surface area (Å²) in [4.78, 5) is 12.1. The highest BCUT2D eigenvalue weighted by Gasteiger charge is 2.30. The van der Waals surface area contributed by atoms with Gasteiger partial charge in [0.1, 0.15) is 5.82 Å². The van der Waals surface area contributed by atoms with Crippen LogP contribution >= 0.6 is 0 Å². The average molecular weight is 352 g/mol. The highest BCUT2D eigenvalue weighted by atomic mass is 19.4. The number of alkyl halides is 3. The fourth-order valence-electron chi connectivity index (χ4n) is 2.00. The monoisotopic (exact) mass is 352 g/mol. The van der Waals surface area contributed by atoms with Crippen molar-refractivity contribution in [2.24, 2.45) is 5.92 Å². The molecule has 0 unspecified atom stereocenters. The van der Waals surface area contributed by atoms with Gasteiger partial charge < -0.3 is 10.6 Å². The van der Waals surface area contributed by atoms with E-state index in [4.69, 9.17) is 0 Å². The lowest BCUT2D eigenvalue weighted by molar-refractivity contribution is -0.137. The van der Waals surface area contributed by atoms with Gasteiger partial charge in [0, 0.05) is 12.2 Å². The van der Waals surface area contributed by atoms with Gasteiger partial charge in [0.25, 0.3) is 5.91 Å². The Morgan fingerprint density at radius 1 is 1.16 bits per heavy atom. The second kappa shape index (κ2) is 7.96. The summed E-state index contributed by atoms with van der Waals surface area (Å²) < 4.78 is 38.0. The van der Waals surface area contributed by atoms with E-state index < -0.39 is 17.6 Å². The van der Waals surface area contributed by atoms with E-state index in [-0.39, 0.29) is 11.4 Å². The average Bonchev–Trinajstić information content (AvgIpc) is 2.54. The molecule has 2 N–H and O–H groups in total. The first-order valence-corrected chi connectivity index (χ1v) is 7.82. The summed E-state index contributed by atoms with van der Waals surface area (Å²) in [7, 11) is 0. The zero-order chi connectivity index (χ0) is 18.4. The van der Waals surface area contributed by atoms with Crippen LogP contribution in [0.4, 0.5) is 24.7 Å². The lowest BCUT2D eigenvalue weighted by Crippen LogP contribution is -2.16. The molecule has 1 heterocycles. The third kappa shape index (κ3) is 5.74. The van der Waals surface area contributed by atoms with Gasteiger partial charge in [-0.25, -0.2) is 0 Å². The van der Waals surface area contributed by atoms with Gasteiger partial charge in [0.15, 0.2) is 5.69 Å². The first kappa shape index (κ1) is 18.7. The van der Waals surface area contributed by atoms with Crippen LogP contribution in [0.2, 0.25) is 0 Å². The van der Waals surface area contributed by atoms with Gasteiger partial charge in [-0.3, -0.25) is 4.79 Å². The molecule has 0 saturated carbocycles. The zero-order valence-corrected chi connectivity index (χ0v) is 13.9. The molecule has 0 aliphatic heterocycles. The molecule has 8 heteroatoms. The maximum atomic E-state index is 12.7. The summed E-state index contributed by atoms with van der Waals surface area (Å²) >= 11 is 0. The molecule has 5 nitrogen and oxygen atoms in total. The Morgan fingerprint density at radius 2 is 1.92 bits per heavy atom. The fourth-order valence-corrected chi connectivity index (χ4v) is 2.00. The normalized spacial score (nSPS) is 11.4. The number of nitrogens with one attached hydrogen (secondary N) is 2. The van der Waals surface area contributed by atoms with E-state index in [0.717, 1.165) is 25.1 Å². The van der Waals surface area contributed by atoms with Crippen LogP contribution in [0.3, 0.4) is 0 Å². The summed E-state index contributed by atoms with van der Waals surface area (Å²) in [6.07, 6.45) is -3.50. The van der Waals surface area contributed by atoms with Crippen molar-refractivity contribution in [2.75, 3.05) is 17.2 Å². The van der Waals surface area contributed by atoms with E-state index in [0.29, 0.717) is 11.7 Å². The van der Waals surface area contributed by atoms with Crippen molar-refractivity contribution in [3.8, 4) is 0 Å². The largest absolute Gasteiger partial charge is 0.416 e. The molecule has 25 heavy (non-hydrogen) atoms. The molecule has 2 aromatic rings. The van der Waals surface area contributed by atoms with Crippen LogP contribution in [0.25, 0.3) is 0 Å². The Kier molecular flexibility index (Phi) is 5.95. The van der Waals surface area contributed by atoms with E-state index in [1.165, 1.54) is 18.2 Å². The zero-order valence-electron chi connectivity index (χ0n) is 13.9. The Balaban J connectivity index is 1.99. The van der Waals surface area contributed by atoms with Crippen LogP contribution in [0.1, 0.15) is 36.3 Å². The maximum absolute atomic E-state index is 12.7. The quantitative estimate of drug-likeness (QED) is 0.817. The standard InChI is InChI=1S/C17H19F3N4O/c1-11(2)8-9-21-15-7-6-14(23-24-15)16(25)22-13-5-3-4-12(10-13)17(18,19)20/h3-7,10-11H,8-9H2,1-2H3,(H,21,24)(H,22,25). The third-order valence-electron chi connectivity index (χ3n) is 3.37. The van der Waals surface area contributed by atoms with E-state index in [9.17, 15) is 18.0 Å². The van der Waals surface area contributed by atoms with Crippen molar-refractivity contribution < 1.29 is 18.0 Å². The molecule has 134 valence electrons. The van der Waals surface area contributed by atoms with E-state index >= 15 is 0 Å². The number of nitrogens with zero attached hydrogens (tertiary/aromatic N) is 2. The Bertz CT molecular complexity index is 715. The van der Waals surface area contributed by atoms with Gasteiger partial charge in [0.05, 0.1) is 5.56 Å². The number of halogens is 3. The molecule has 0 aliphatic carbocycles. The lowest BCUT2D eigenvalue weighted by Gasteiger charge is -2.10. The predicted molar refractivity (Wildman–Crippen MR) is 89.4 cm³/mol. The van der Waals surface area contributed by atoms with E-state index in [2.05, 4.69) is 34.7 Å². The number of anilines is 2. The second-order valence-corrected chi connectivity index (χ2v) is 5.95. The number of rotatable bonds is 6. The minimum Gasteiger partial charge on any atom is -0.369 e. The molecule has 0 atom stereocenters. The molecule has 2 rings (SSSR count). The lowest BCUT2D eigenvalue weighted by atomic mass is 10.1. The molecule has 0 aliphatic rings. The Hall–Kier alpha value is -2.64. The fraction of sp³-hybridized carbons (Fsp3) is 0.353. The minimum absolute atomic E-state index is 0.0202. The van der Waals surface area contributed by atoms with Crippen LogP contribution in [0, 0.1) is 5.92 Å². The van der Waals surface area contributed by atoms with Gasteiger partial charge in [-0.2, -0.15) is 13.2 Å². The number of carbonyl (C=O) groups excluding carboxylic acids is 1. The molecule has 0 saturated heterocycles. The highest BCUT2D eigenvalue weighted by molar-refractivity contribution is 6.02. The van der Waals surface area contributed by atoms with Crippen molar-refractivity contribution in [2.45, 2.75) is 26.4 Å². The Labute approximate surface area is 143 Å². The molecule has 1 amide bonds. The van der Waals surface area contributed by atoms with Gasteiger partial charge in [-0.05, 0) is 42.7 Å². The minimum atomic E-state index is -4.47. The summed E-state index contributed by atoms with van der Waals surface area (Å²) in [6, 6.07) is 7.48. The summed E-state index contributed by atoms with van der Waals surface area (Å²) in [5.41, 5.74) is -0.770. The van der Waals surface area contributed by atoms with Gasteiger partial charge in [-0.1, -0.05) is 19.9 Å². The van der Waals surface area contributed by atoms with Gasteiger partial charge >= 0.3 is 6.18 Å². The van der Waals surface area contributed by atoms with Crippen LogP contribution in [0.15, 0.2) is 36.4 Å². The third-order valence-corrected chi connectivity index (χ3v) is 3.37. The van der Waals surface area contributed by atoms with Crippen LogP contribution in [0.5, 0.6) is 0 Å². The van der Waals surface area contributed by atoms with Gasteiger partial charge in [-0.15, -0.1) is 10.2 Å². The topological polar surface area (TPSA) is 66.9 Å². The van der Waals surface area contributed by atoms with Crippen molar-refractivity contribution in [1.29, 1.82) is 0 Å². The molecule has 1 aromatic heterocycles. The van der Waals surface area contributed by atoms with Crippen molar-refractivity contribution in [1.82, 2.24) is 10.2 Å². The van der Waals surface area contributed by atoms with Gasteiger partial charge in [0.2, 0.25) is 0 Å². The number of hydrogen-bond donors (Lipinski definition) is 2. The maximum Gasteiger partial charge on any atom is 0.416 e. The van der Waals surface area contributed by atoms with Crippen molar-refractivity contribution in [3.05, 3.63) is 47.7 Å².